The van der Waals surface area contributed by atoms with Crippen LogP contribution in [0.15, 0.2) is 34.8 Å². The molecule has 1 aromatic heterocycles. The quantitative estimate of drug-likeness (QED) is 0.789. The number of aliphatic hydroxyl groups excluding tert-OH is 1. The molecule has 0 amide bonds. The Hall–Kier alpha value is -1.66. The molecule has 0 saturated heterocycles. The highest BCUT2D eigenvalue weighted by molar-refractivity contribution is 9.10. The maximum Gasteiger partial charge on any atom is 0.136 e. The Morgan fingerprint density at radius 1 is 1.16 bits per heavy atom. The summed E-state index contributed by atoms with van der Waals surface area (Å²) >= 11 is 3.40. The van der Waals surface area contributed by atoms with Gasteiger partial charge in [0, 0.05) is 22.8 Å². The molecule has 0 aliphatic carbocycles. The van der Waals surface area contributed by atoms with Gasteiger partial charge >= 0.3 is 0 Å². The van der Waals surface area contributed by atoms with E-state index in [2.05, 4.69) is 36.5 Å². The predicted molar refractivity (Wildman–Crippen MR) is 79.8 cm³/mol. The van der Waals surface area contributed by atoms with Crippen molar-refractivity contribution in [1.29, 1.82) is 0 Å². The third kappa shape index (κ3) is 4.18. The monoisotopic (exact) mass is 322 g/mol. The van der Waals surface area contributed by atoms with E-state index in [1.165, 1.54) is 0 Å². The molecule has 3 N–H and O–H groups in total. The predicted octanol–water partition coefficient (Wildman–Crippen LogP) is 2.70. The second-order valence-electron chi connectivity index (χ2n) is 3.97. The zero-order valence-corrected chi connectivity index (χ0v) is 12.1. The molecule has 1 aromatic carbocycles. The third-order valence-corrected chi connectivity index (χ3v) is 2.90. The molecule has 2 rings (SSSR count). The number of rotatable bonds is 5. The van der Waals surface area contributed by atoms with Crippen LogP contribution in [0.25, 0.3) is 0 Å². The normalized spacial score (nSPS) is 10.3. The molecule has 6 heteroatoms. The summed E-state index contributed by atoms with van der Waals surface area (Å²) in [7, 11) is 0. The van der Waals surface area contributed by atoms with Gasteiger partial charge in [0.2, 0.25) is 0 Å². The van der Waals surface area contributed by atoms with Gasteiger partial charge in [0.1, 0.15) is 17.5 Å². The number of hydrogen-bond acceptors (Lipinski definition) is 5. The van der Waals surface area contributed by atoms with Gasteiger partial charge < -0.3 is 15.7 Å². The Morgan fingerprint density at radius 2 is 1.84 bits per heavy atom. The third-order valence-electron chi connectivity index (χ3n) is 2.37. The summed E-state index contributed by atoms with van der Waals surface area (Å²) < 4.78 is 1.03. The minimum absolute atomic E-state index is 0.0680. The van der Waals surface area contributed by atoms with Crippen molar-refractivity contribution in [3.05, 3.63) is 40.6 Å². The molecule has 100 valence electrons. The lowest BCUT2D eigenvalue weighted by atomic mass is 10.3. The van der Waals surface area contributed by atoms with Crippen molar-refractivity contribution in [2.24, 2.45) is 0 Å². The van der Waals surface area contributed by atoms with Crippen LogP contribution in [0.5, 0.6) is 0 Å². The van der Waals surface area contributed by atoms with Gasteiger partial charge in [-0.2, -0.15) is 0 Å². The van der Waals surface area contributed by atoms with Crippen LogP contribution in [0.4, 0.5) is 17.3 Å². The maximum atomic E-state index is 8.80. The molecular formula is C13H15BrN4O. The van der Waals surface area contributed by atoms with Gasteiger partial charge in [-0.1, -0.05) is 15.9 Å². The van der Waals surface area contributed by atoms with Crippen LogP contribution in [0.3, 0.4) is 0 Å². The summed E-state index contributed by atoms with van der Waals surface area (Å²) in [6.07, 6.45) is 0. The topological polar surface area (TPSA) is 70.1 Å². The smallest absolute Gasteiger partial charge is 0.136 e. The van der Waals surface area contributed by atoms with Crippen LogP contribution in [-0.4, -0.2) is 28.2 Å². The Balaban J connectivity index is 2.15. The Bertz CT molecular complexity index is 545. The highest BCUT2D eigenvalue weighted by Gasteiger charge is 2.02. The molecule has 0 fully saturated rings. The minimum Gasteiger partial charge on any atom is -0.395 e. The number of aliphatic hydroxyl groups is 1. The van der Waals surface area contributed by atoms with Crippen LogP contribution in [0.1, 0.15) is 5.82 Å². The van der Waals surface area contributed by atoms with Crippen LogP contribution >= 0.6 is 15.9 Å². The Morgan fingerprint density at radius 3 is 2.53 bits per heavy atom. The molecule has 19 heavy (non-hydrogen) atoms. The van der Waals surface area contributed by atoms with Gasteiger partial charge in [-0.3, -0.25) is 0 Å². The first-order chi connectivity index (χ1) is 9.17. The zero-order chi connectivity index (χ0) is 13.7. The molecular weight excluding hydrogens is 308 g/mol. The second-order valence-corrected chi connectivity index (χ2v) is 4.88. The van der Waals surface area contributed by atoms with Crippen molar-refractivity contribution < 1.29 is 5.11 Å². The van der Waals surface area contributed by atoms with E-state index in [-0.39, 0.29) is 6.61 Å². The van der Waals surface area contributed by atoms with Gasteiger partial charge in [0.25, 0.3) is 0 Å². The van der Waals surface area contributed by atoms with E-state index in [1.54, 1.807) is 0 Å². The van der Waals surface area contributed by atoms with Gasteiger partial charge in [-0.15, -0.1) is 0 Å². The average Bonchev–Trinajstić information content (AvgIpc) is 2.38. The second kappa shape index (κ2) is 6.49. The van der Waals surface area contributed by atoms with Crippen LogP contribution in [0, 0.1) is 6.92 Å². The van der Waals surface area contributed by atoms with Gasteiger partial charge in [0.15, 0.2) is 0 Å². The number of anilines is 3. The first-order valence-corrected chi connectivity index (χ1v) is 6.69. The van der Waals surface area contributed by atoms with E-state index in [0.29, 0.717) is 18.2 Å². The standard InChI is InChI=1S/C13H15BrN4O/c1-9-16-12(15-6-7-19)8-13(17-9)18-11-4-2-10(14)3-5-11/h2-5,8,19H,6-7H2,1H3,(H2,15,16,17,18). The average molecular weight is 323 g/mol. The first kappa shape index (κ1) is 13.8. The molecule has 1 heterocycles. The van der Waals surface area contributed by atoms with E-state index in [4.69, 9.17) is 5.11 Å². The van der Waals surface area contributed by atoms with E-state index < -0.39 is 0 Å². The largest absolute Gasteiger partial charge is 0.395 e. The van der Waals surface area contributed by atoms with E-state index in [0.717, 1.165) is 16.0 Å². The fraction of sp³-hybridized carbons (Fsp3) is 0.231. The molecule has 5 nitrogen and oxygen atoms in total. The SMILES string of the molecule is Cc1nc(NCCO)cc(Nc2ccc(Br)cc2)n1. The highest BCUT2D eigenvalue weighted by atomic mass is 79.9. The number of nitrogens with zero attached hydrogens (tertiary/aromatic N) is 2. The van der Waals surface area contributed by atoms with Crippen molar-refractivity contribution in [3.63, 3.8) is 0 Å². The van der Waals surface area contributed by atoms with Crippen LogP contribution < -0.4 is 10.6 Å². The molecule has 0 aliphatic heterocycles. The summed E-state index contributed by atoms with van der Waals surface area (Å²) in [6, 6.07) is 9.65. The molecule has 0 saturated carbocycles. The zero-order valence-electron chi connectivity index (χ0n) is 10.5. The van der Waals surface area contributed by atoms with Gasteiger partial charge in [-0.05, 0) is 31.2 Å². The highest BCUT2D eigenvalue weighted by Crippen LogP contribution is 2.19. The number of halogens is 1. The van der Waals surface area contributed by atoms with Crippen LogP contribution in [0.2, 0.25) is 0 Å². The Labute approximate surface area is 120 Å². The molecule has 0 atom stereocenters. The lowest BCUT2D eigenvalue weighted by Crippen LogP contribution is -2.08. The lowest BCUT2D eigenvalue weighted by molar-refractivity contribution is 0.311. The fourth-order valence-electron chi connectivity index (χ4n) is 1.59. The number of aryl methyl sites for hydroxylation is 1. The number of benzene rings is 1. The molecule has 0 bridgehead atoms. The molecule has 0 unspecified atom stereocenters. The number of nitrogens with one attached hydrogen (secondary N) is 2. The van der Waals surface area contributed by atoms with E-state index in [9.17, 15) is 0 Å². The molecule has 2 aromatic rings. The number of aromatic nitrogens is 2. The van der Waals surface area contributed by atoms with Crippen LogP contribution in [-0.2, 0) is 0 Å². The van der Waals surface area contributed by atoms with Crippen molar-refractivity contribution >= 4 is 33.3 Å². The minimum atomic E-state index is 0.0680. The summed E-state index contributed by atoms with van der Waals surface area (Å²) in [4.78, 5) is 8.57. The number of hydrogen-bond donors (Lipinski definition) is 3. The molecule has 0 radical (unpaired) electrons. The van der Waals surface area contributed by atoms with E-state index >= 15 is 0 Å². The van der Waals surface area contributed by atoms with E-state index in [1.807, 2.05) is 37.3 Å². The van der Waals surface area contributed by atoms with Crippen molar-refractivity contribution in [1.82, 2.24) is 9.97 Å². The van der Waals surface area contributed by atoms with Crippen molar-refractivity contribution in [3.8, 4) is 0 Å². The van der Waals surface area contributed by atoms with Crippen molar-refractivity contribution in [2.75, 3.05) is 23.8 Å². The lowest BCUT2D eigenvalue weighted by Gasteiger charge is -2.09. The van der Waals surface area contributed by atoms with Crippen molar-refractivity contribution in [2.45, 2.75) is 6.92 Å². The maximum absolute atomic E-state index is 8.80. The summed E-state index contributed by atoms with van der Waals surface area (Å²) in [6.45, 7) is 2.36. The first-order valence-electron chi connectivity index (χ1n) is 5.90. The summed E-state index contributed by atoms with van der Waals surface area (Å²) in [5, 5.41) is 15.0. The Kier molecular flexibility index (Phi) is 4.70. The van der Waals surface area contributed by atoms with Gasteiger partial charge in [-0.25, -0.2) is 9.97 Å². The summed E-state index contributed by atoms with van der Waals surface area (Å²) in [5.41, 5.74) is 0.953. The molecule has 0 aliphatic rings. The summed E-state index contributed by atoms with van der Waals surface area (Å²) in [5.74, 6) is 2.08. The van der Waals surface area contributed by atoms with Gasteiger partial charge in [0.05, 0.1) is 6.61 Å². The molecule has 0 spiro atoms. The fourth-order valence-corrected chi connectivity index (χ4v) is 1.85.